The summed E-state index contributed by atoms with van der Waals surface area (Å²) < 4.78 is 6.85. The Hall–Kier alpha value is -3.84. The SMILES string of the molecule is Cc1ccc(C2(c3ccc(C)cc3)CC(c3ccccc3)c3cc(-c4ccccc4)oc32)cc1. The maximum absolute atomic E-state index is 6.85. The highest BCUT2D eigenvalue weighted by molar-refractivity contribution is 5.65. The number of rotatable bonds is 4. The molecule has 5 aromatic rings. The number of benzene rings is 4. The molecule has 166 valence electrons. The molecule has 1 unspecified atom stereocenters. The summed E-state index contributed by atoms with van der Waals surface area (Å²) in [4.78, 5) is 0. The molecule has 6 rings (SSSR count). The maximum atomic E-state index is 6.85. The summed E-state index contributed by atoms with van der Waals surface area (Å²) in [5.74, 6) is 2.28. The Kier molecular flexibility index (Phi) is 4.99. The van der Waals surface area contributed by atoms with Gasteiger partial charge >= 0.3 is 0 Å². The van der Waals surface area contributed by atoms with Gasteiger partial charge in [-0.05, 0) is 43.0 Å². The van der Waals surface area contributed by atoms with Crippen LogP contribution in [0.15, 0.2) is 120 Å². The number of aryl methyl sites for hydroxylation is 2. The first-order valence-corrected chi connectivity index (χ1v) is 12.0. The molecule has 0 N–H and O–H groups in total. The molecular formula is C33H28O. The topological polar surface area (TPSA) is 13.1 Å². The van der Waals surface area contributed by atoms with Crippen molar-refractivity contribution in [1.82, 2.24) is 0 Å². The van der Waals surface area contributed by atoms with Crippen LogP contribution < -0.4 is 0 Å². The lowest BCUT2D eigenvalue weighted by Gasteiger charge is -2.31. The normalized spacial score (nSPS) is 16.4. The van der Waals surface area contributed by atoms with Crippen molar-refractivity contribution in [3.63, 3.8) is 0 Å². The minimum absolute atomic E-state index is 0.264. The lowest BCUT2D eigenvalue weighted by atomic mass is 9.71. The zero-order valence-electron chi connectivity index (χ0n) is 19.7. The zero-order chi connectivity index (χ0) is 23.1. The molecule has 1 nitrogen and oxygen atoms in total. The summed E-state index contributed by atoms with van der Waals surface area (Å²) in [5, 5.41) is 0. The van der Waals surface area contributed by atoms with Gasteiger partial charge in [0.2, 0.25) is 0 Å². The van der Waals surface area contributed by atoms with Crippen LogP contribution in [0.25, 0.3) is 11.3 Å². The number of furan rings is 1. The molecule has 0 spiro atoms. The highest BCUT2D eigenvalue weighted by Crippen LogP contribution is 2.57. The Morgan fingerprint density at radius 1 is 0.647 bits per heavy atom. The number of hydrogen-bond acceptors (Lipinski definition) is 1. The van der Waals surface area contributed by atoms with Crippen molar-refractivity contribution in [2.24, 2.45) is 0 Å². The van der Waals surface area contributed by atoms with E-state index < -0.39 is 0 Å². The lowest BCUT2D eigenvalue weighted by molar-refractivity contribution is 0.438. The van der Waals surface area contributed by atoms with Gasteiger partial charge in [0.15, 0.2) is 0 Å². The van der Waals surface area contributed by atoms with Crippen LogP contribution in [-0.2, 0) is 5.41 Å². The van der Waals surface area contributed by atoms with Crippen molar-refractivity contribution >= 4 is 0 Å². The van der Waals surface area contributed by atoms with Gasteiger partial charge in [-0.3, -0.25) is 0 Å². The van der Waals surface area contributed by atoms with Gasteiger partial charge in [0.1, 0.15) is 11.5 Å². The first-order valence-electron chi connectivity index (χ1n) is 12.0. The molecule has 1 heterocycles. The second-order valence-corrected chi connectivity index (χ2v) is 9.57. The van der Waals surface area contributed by atoms with Gasteiger partial charge in [0.25, 0.3) is 0 Å². The van der Waals surface area contributed by atoms with Crippen molar-refractivity contribution in [1.29, 1.82) is 0 Å². The molecule has 1 aliphatic rings. The second-order valence-electron chi connectivity index (χ2n) is 9.57. The minimum atomic E-state index is -0.343. The molecule has 34 heavy (non-hydrogen) atoms. The summed E-state index contributed by atoms with van der Waals surface area (Å²) in [6.45, 7) is 4.30. The maximum Gasteiger partial charge on any atom is 0.134 e. The fourth-order valence-corrected chi connectivity index (χ4v) is 5.57. The van der Waals surface area contributed by atoms with Crippen molar-refractivity contribution < 1.29 is 4.42 Å². The zero-order valence-corrected chi connectivity index (χ0v) is 19.7. The summed E-state index contributed by atoms with van der Waals surface area (Å²) in [5.41, 5.74) is 8.52. The Morgan fingerprint density at radius 2 is 1.18 bits per heavy atom. The molecule has 1 aliphatic carbocycles. The first kappa shape index (κ1) is 20.7. The van der Waals surface area contributed by atoms with E-state index in [1.165, 1.54) is 33.4 Å². The molecule has 1 heteroatoms. The predicted octanol–water partition coefficient (Wildman–Crippen LogP) is 8.43. The number of hydrogen-bond donors (Lipinski definition) is 0. The van der Waals surface area contributed by atoms with Gasteiger partial charge < -0.3 is 4.42 Å². The molecule has 4 aromatic carbocycles. The third kappa shape index (κ3) is 3.31. The molecule has 0 bridgehead atoms. The fraction of sp³-hybridized carbons (Fsp3) is 0.152. The summed E-state index contributed by atoms with van der Waals surface area (Å²) in [6.07, 6.45) is 0.951. The van der Waals surface area contributed by atoms with Gasteiger partial charge in [-0.2, -0.15) is 0 Å². The standard InChI is InChI=1S/C33H28O/c1-23-13-17-27(18-14-23)33(28-19-15-24(2)16-20-28)22-30(25-9-5-3-6-10-25)29-21-31(34-32(29)33)26-11-7-4-8-12-26/h3-21,30H,22H2,1-2H3. The van der Waals surface area contributed by atoms with E-state index in [0.717, 1.165) is 23.5 Å². The van der Waals surface area contributed by atoms with E-state index in [1.54, 1.807) is 0 Å². The van der Waals surface area contributed by atoms with Crippen LogP contribution in [0, 0.1) is 13.8 Å². The van der Waals surface area contributed by atoms with Crippen LogP contribution in [0.1, 0.15) is 51.5 Å². The smallest absolute Gasteiger partial charge is 0.134 e. The van der Waals surface area contributed by atoms with E-state index in [9.17, 15) is 0 Å². The Balaban J connectivity index is 1.64. The van der Waals surface area contributed by atoms with Crippen LogP contribution in [0.3, 0.4) is 0 Å². The van der Waals surface area contributed by atoms with Gasteiger partial charge in [0.05, 0.1) is 5.41 Å². The van der Waals surface area contributed by atoms with E-state index >= 15 is 0 Å². The van der Waals surface area contributed by atoms with E-state index in [4.69, 9.17) is 4.42 Å². The van der Waals surface area contributed by atoms with Crippen molar-refractivity contribution in [3.8, 4) is 11.3 Å². The van der Waals surface area contributed by atoms with Crippen molar-refractivity contribution in [3.05, 3.63) is 154 Å². The average Bonchev–Trinajstić information content (AvgIpc) is 3.45. The lowest BCUT2D eigenvalue weighted by Crippen LogP contribution is -2.26. The van der Waals surface area contributed by atoms with Gasteiger partial charge in [-0.1, -0.05) is 120 Å². The Morgan fingerprint density at radius 3 is 1.74 bits per heavy atom. The van der Waals surface area contributed by atoms with Crippen LogP contribution in [0.2, 0.25) is 0 Å². The van der Waals surface area contributed by atoms with E-state index in [2.05, 4.69) is 129 Å². The molecule has 0 amide bonds. The third-order valence-electron chi connectivity index (χ3n) is 7.38. The van der Waals surface area contributed by atoms with E-state index in [-0.39, 0.29) is 11.3 Å². The Labute approximate surface area is 201 Å². The Bertz CT molecular complexity index is 1360. The fourth-order valence-electron chi connectivity index (χ4n) is 5.57. The average molecular weight is 441 g/mol. The minimum Gasteiger partial charge on any atom is -0.459 e. The predicted molar refractivity (Wildman–Crippen MR) is 139 cm³/mol. The van der Waals surface area contributed by atoms with Crippen LogP contribution in [-0.4, -0.2) is 0 Å². The molecule has 1 aromatic heterocycles. The van der Waals surface area contributed by atoms with Gasteiger partial charge in [-0.25, -0.2) is 0 Å². The third-order valence-corrected chi connectivity index (χ3v) is 7.38. The van der Waals surface area contributed by atoms with Crippen molar-refractivity contribution in [2.75, 3.05) is 0 Å². The second kappa shape index (κ2) is 8.18. The van der Waals surface area contributed by atoms with E-state index in [1.807, 2.05) is 0 Å². The first-order chi connectivity index (χ1) is 16.6. The quantitative estimate of drug-likeness (QED) is 0.273. The molecule has 0 aliphatic heterocycles. The van der Waals surface area contributed by atoms with Crippen molar-refractivity contribution in [2.45, 2.75) is 31.6 Å². The van der Waals surface area contributed by atoms with Crippen LogP contribution in [0.4, 0.5) is 0 Å². The van der Waals surface area contributed by atoms with Crippen LogP contribution in [0.5, 0.6) is 0 Å². The molecule has 1 atom stereocenters. The molecular weight excluding hydrogens is 412 g/mol. The number of fused-ring (bicyclic) bond motifs is 1. The molecule has 0 saturated heterocycles. The summed E-state index contributed by atoms with van der Waals surface area (Å²) in [6, 6.07) is 41.7. The highest BCUT2D eigenvalue weighted by Gasteiger charge is 2.50. The van der Waals surface area contributed by atoms with E-state index in [0.29, 0.717) is 0 Å². The highest BCUT2D eigenvalue weighted by atomic mass is 16.3. The summed E-state index contributed by atoms with van der Waals surface area (Å²) in [7, 11) is 0. The molecule has 0 saturated carbocycles. The monoisotopic (exact) mass is 440 g/mol. The van der Waals surface area contributed by atoms with Crippen LogP contribution >= 0.6 is 0 Å². The molecule has 0 fully saturated rings. The largest absolute Gasteiger partial charge is 0.459 e. The summed E-state index contributed by atoms with van der Waals surface area (Å²) >= 11 is 0. The molecule has 0 radical (unpaired) electrons. The van der Waals surface area contributed by atoms with Gasteiger partial charge in [0, 0.05) is 17.0 Å². The van der Waals surface area contributed by atoms with Gasteiger partial charge in [-0.15, -0.1) is 0 Å².